The minimum atomic E-state index is -0.163. The fourth-order valence-corrected chi connectivity index (χ4v) is 3.44. The summed E-state index contributed by atoms with van der Waals surface area (Å²) in [6.45, 7) is 0. The predicted octanol–water partition coefficient (Wildman–Crippen LogP) is 5.69. The van der Waals surface area contributed by atoms with Crippen molar-refractivity contribution >= 4 is 34.0 Å². The summed E-state index contributed by atoms with van der Waals surface area (Å²) in [6.07, 6.45) is 5.16. The minimum absolute atomic E-state index is 0.163. The lowest BCUT2D eigenvalue weighted by molar-refractivity contribution is 0.102. The van der Waals surface area contributed by atoms with Gasteiger partial charge < -0.3 is 10.6 Å². The predicted molar refractivity (Wildman–Crippen MR) is 127 cm³/mol. The first kappa shape index (κ1) is 19.4. The van der Waals surface area contributed by atoms with Gasteiger partial charge in [0, 0.05) is 41.1 Å². The highest BCUT2D eigenvalue weighted by molar-refractivity contribution is 6.06. The third-order valence-corrected chi connectivity index (χ3v) is 5.02. The van der Waals surface area contributed by atoms with Crippen LogP contribution in [0.5, 0.6) is 0 Å². The summed E-state index contributed by atoms with van der Waals surface area (Å²) < 4.78 is 0. The number of nitrogens with zero attached hydrogens (tertiary/aromatic N) is 3. The van der Waals surface area contributed by atoms with Crippen molar-refractivity contribution in [3.8, 4) is 11.3 Å². The van der Waals surface area contributed by atoms with Gasteiger partial charge in [0.2, 0.25) is 5.95 Å². The third-order valence-electron chi connectivity index (χ3n) is 5.02. The molecule has 1 amide bonds. The van der Waals surface area contributed by atoms with E-state index >= 15 is 0 Å². The van der Waals surface area contributed by atoms with Crippen molar-refractivity contribution < 1.29 is 4.79 Å². The van der Waals surface area contributed by atoms with E-state index in [4.69, 9.17) is 0 Å². The average molecular weight is 417 g/mol. The van der Waals surface area contributed by atoms with Crippen LogP contribution in [-0.2, 0) is 0 Å². The number of pyridine rings is 1. The molecule has 0 saturated heterocycles. The SMILES string of the molecule is O=C(Nc1cccc(Nc2nccc(-c3ccncc3)n2)c1)c1ccc2ccccc2c1. The van der Waals surface area contributed by atoms with E-state index in [1.165, 1.54) is 0 Å². The van der Waals surface area contributed by atoms with E-state index in [1.807, 2.05) is 84.9 Å². The Morgan fingerprint density at radius 2 is 1.53 bits per heavy atom. The summed E-state index contributed by atoms with van der Waals surface area (Å²) in [7, 11) is 0. The zero-order valence-electron chi connectivity index (χ0n) is 17.1. The van der Waals surface area contributed by atoms with Gasteiger partial charge in [-0.05, 0) is 59.3 Å². The second kappa shape index (κ2) is 8.65. The van der Waals surface area contributed by atoms with Gasteiger partial charge in [0.25, 0.3) is 5.91 Å². The van der Waals surface area contributed by atoms with E-state index < -0.39 is 0 Å². The van der Waals surface area contributed by atoms with E-state index in [1.54, 1.807) is 18.6 Å². The number of carbonyl (C=O) groups excluding carboxylic acids is 1. The lowest BCUT2D eigenvalue weighted by atomic mass is 10.1. The number of hydrogen-bond acceptors (Lipinski definition) is 5. The van der Waals surface area contributed by atoms with Crippen molar-refractivity contribution in [2.75, 3.05) is 10.6 Å². The second-order valence-electron chi connectivity index (χ2n) is 7.22. The molecule has 5 rings (SSSR count). The summed E-state index contributed by atoms with van der Waals surface area (Å²) in [4.78, 5) is 25.7. The van der Waals surface area contributed by atoms with Crippen LogP contribution in [0.1, 0.15) is 10.4 Å². The number of nitrogens with one attached hydrogen (secondary N) is 2. The molecule has 6 nitrogen and oxygen atoms in total. The van der Waals surface area contributed by atoms with Crippen molar-refractivity contribution in [1.82, 2.24) is 15.0 Å². The Morgan fingerprint density at radius 1 is 0.719 bits per heavy atom. The number of rotatable bonds is 5. The van der Waals surface area contributed by atoms with Crippen molar-refractivity contribution in [3.05, 3.63) is 109 Å². The Morgan fingerprint density at radius 3 is 2.41 bits per heavy atom. The van der Waals surface area contributed by atoms with Gasteiger partial charge in [-0.3, -0.25) is 9.78 Å². The molecular weight excluding hydrogens is 398 g/mol. The molecule has 0 aliphatic carbocycles. The van der Waals surface area contributed by atoms with Gasteiger partial charge >= 0.3 is 0 Å². The minimum Gasteiger partial charge on any atom is -0.324 e. The number of hydrogen-bond donors (Lipinski definition) is 2. The highest BCUT2D eigenvalue weighted by Gasteiger charge is 2.08. The maximum Gasteiger partial charge on any atom is 0.255 e. The first-order chi connectivity index (χ1) is 15.7. The average Bonchev–Trinajstić information content (AvgIpc) is 2.85. The van der Waals surface area contributed by atoms with Crippen LogP contribution in [0.3, 0.4) is 0 Å². The van der Waals surface area contributed by atoms with Crippen LogP contribution in [0.15, 0.2) is 104 Å². The largest absolute Gasteiger partial charge is 0.324 e. The van der Waals surface area contributed by atoms with Gasteiger partial charge in [-0.2, -0.15) is 0 Å². The van der Waals surface area contributed by atoms with Crippen LogP contribution in [0, 0.1) is 0 Å². The number of amides is 1. The maximum absolute atomic E-state index is 12.8. The van der Waals surface area contributed by atoms with Crippen LogP contribution >= 0.6 is 0 Å². The van der Waals surface area contributed by atoms with Crippen molar-refractivity contribution in [3.63, 3.8) is 0 Å². The smallest absolute Gasteiger partial charge is 0.255 e. The Kier molecular flexibility index (Phi) is 5.24. The quantitative estimate of drug-likeness (QED) is 0.384. The molecule has 0 aliphatic heterocycles. The Hall–Kier alpha value is -4.58. The molecule has 2 heterocycles. The molecule has 154 valence electrons. The third kappa shape index (κ3) is 4.29. The molecule has 2 N–H and O–H groups in total. The molecule has 2 aromatic heterocycles. The summed E-state index contributed by atoms with van der Waals surface area (Å²) in [5.41, 5.74) is 3.81. The number of fused-ring (bicyclic) bond motifs is 1. The molecule has 0 saturated carbocycles. The molecule has 32 heavy (non-hydrogen) atoms. The van der Waals surface area contributed by atoms with Gasteiger partial charge in [0.05, 0.1) is 5.69 Å². The maximum atomic E-state index is 12.8. The van der Waals surface area contributed by atoms with Crippen LogP contribution in [0.4, 0.5) is 17.3 Å². The summed E-state index contributed by atoms with van der Waals surface area (Å²) in [6, 6.07) is 26.7. The van der Waals surface area contributed by atoms with Crippen molar-refractivity contribution in [2.45, 2.75) is 0 Å². The molecule has 6 heteroatoms. The molecule has 0 bridgehead atoms. The van der Waals surface area contributed by atoms with Crippen LogP contribution in [0.2, 0.25) is 0 Å². The van der Waals surface area contributed by atoms with E-state index in [9.17, 15) is 4.79 Å². The highest BCUT2D eigenvalue weighted by Crippen LogP contribution is 2.22. The van der Waals surface area contributed by atoms with Crippen LogP contribution < -0.4 is 10.6 Å². The fourth-order valence-electron chi connectivity index (χ4n) is 3.44. The Bertz CT molecular complexity index is 1400. The monoisotopic (exact) mass is 417 g/mol. The molecule has 0 fully saturated rings. The normalized spacial score (nSPS) is 10.6. The van der Waals surface area contributed by atoms with Gasteiger partial charge in [-0.15, -0.1) is 0 Å². The zero-order valence-corrected chi connectivity index (χ0v) is 17.1. The second-order valence-corrected chi connectivity index (χ2v) is 7.22. The number of aromatic nitrogens is 3. The van der Waals surface area contributed by atoms with E-state index in [0.717, 1.165) is 27.7 Å². The lowest BCUT2D eigenvalue weighted by Crippen LogP contribution is -2.11. The topological polar surface area (TPSA) is 79.8 Å². The van der Waals surface area contributed by atoms with Crippen LogP contribution in [-0.4, -0.2) is 20.9 Å². The van der Waals surface area contributed by atoms with E-state index in [-0.39, 0.29) is 5.91 Å². The molecular formula is C26H19N5O. The molecule has 0 radical (unpaired) electrons. The van der Waals surface area contributed by atoms with Crippen molar-refractivity contribution in [2.24, 2.45) is 0 Å². The van der Waals surface area contributed by atoms with E-state index in [2.05, 4.69) is 25.6 Å². The molecule has 0 unspecified atom stereocenters. The highest BCUT2D eigenvalue weighted by atomic mass is 16.1. The molecule has 5 aromatic rings. The zero-order chi connectivity index (χ0) is 21.8. The summed E-state index contributed by atoms with van der Waals surface area (Å²) >= 11 is 0. The fraction of sp³-hybridized carbons (Fsp3) is 0. The number of carbonyl (C=O) groups is 1. The van der Waals surface area contributed by atoms with E-state index in [0.29, 0.717) is 17.2 Å². The molecule has 0 atom stereocenters. The standard InChI is InChI=1S/C26H19N5O/c32-25(21-9-8-18-4-1-2-5-20(18)16-21)29-22-6-3-7-23(17-22)30-26-28-15-12-24(31-26)19-10-13-27-14-11-19/h1-17H,(H,29,32)(H,28,30,31). The first-order valence-electron chi connectivity index (χ1n) is 10.2. The Labute approximate surface area is 185 Å². The molecule has 0 spiro atoms. The molecule has 3 aromatic carbocycles. The summed E-state index contributed by atoms with van der Waals surface area (Å²) in [5, 5.41) is 8.29. The van der Waals surface area contributed by atoms with Gasteiger partial charge in [-0.25, -0.2) is 9.97 Å². The number of benzene rings is 3. The number of anilines is 3. The van der Waals surface area contributed by atoms with Gasteiger partial charge in [0.15, 0.2) is 0 Å². The summed E-state index contributed by atoms with van der Waals surface area (Å²) in [5.74, 6) is 0.307. The van der Waals surface area contributed by atoms with Crippen LogP contribution in [0.25, 0.3) is 22.0 Å². The lowest BCUT2D eigenvalue weighted by Gasteiger charge is -2.10. The first-order valence-corrected chi connectivity index (χ1v) is 10.2. The van der Waals surface area contributed by atoms with Gasteiger partial charge in [0.1, 0.15) is 0 Å². The Balaban J connectivity index is 1.33. The molecule has 0 aliphatic rings. The van der Waals surface area contributed by atoms with Crippen molar-refractivity contribution in [1.29, 1.82) is 0 Å². The van der Waals surface area contributed by atoms with Gasteiger partial charge in [-0.1, -0.05) is 36.4 Å².